The van der Waals surface area contributed by atoms with E-state index in [0.717, 1.165) is 22.3 Å². The van der Waals surface area contributed by atoms with Crippen molar-refractivity contribution >= 4 is 6.29 Å². The summed E-state index contributed by atoms with van der Waals surface area (Å²) in [5, 5.41) is 11.2. The molecule has 4 unspecified atom stereocenters. The maximum absolute atomic E-state index is 14.9. The number of rotatable bonds is 3. The molecule has 8 heteroatoms. The minimum absolute atomic E-state index is 0.0241. The van der Waals surface area contributed by atoms with E-state index in [9.17, 15) is 31.9 Å². The molecule has 34 heavy (non-hydrogen) atoms. The summed E-state index contributed by atoms with van der Waals surface area (Å²) in [6, 6.07) is 6.75. The van der Waals surface area contributed by atoms with Gasteiger partial charge in [-0.2, -0.15) is 22.0 Å². The Balaban J connectivity index is 1.68. The molecule has 5 atom stereocenters. The monoisotopic (exact) mass is 482 g/mol. The van der Waals surface area contributed by atoms with Crippen LogP contribution in [-0.2, 0) is 4.74 Å². The molecule has 0 spiro atoms. The van der Waals surface area contributed by atoms with Crippen LogP contribution < -0.4 is 0 Å². The highest BCUT2D eigenvalue weighted by Crippen LogP contribution is 2.70. The van der Waals surface area contributed by atoms with E-state index < -0.39 is 41.4 Å². The fourth-order valence-electron chi connectivity index (χ4n) is 7.30. The number of carbonyl (C=O) groups excluding carboxylic acids is 1. The largest absolute Gasteiger partial charge is 0.501 e. The van der Waals surface area contributed by atoms with Gasteiger partial charge in [0.1, 0.15) is 11.9 Å². The zero-order valence-corrected chi connectivity index (χ0v) is 18.8. The molecule has 1 aromatic rings. The Hall–Kier alpha value is -2.22. The van der Waals surface area contributed by atoms with Gasteiger partial charge in [-0.15, -0.1) is 0 Å². The van der Waals surface area contributed by atoms with Crippen molar-refractivity contribution in [1.29, 1.82) is 0 Å². The number of hydrogen-bond acceptors (Lipinski definition) is 3. The number of alkyl halides is 5. The van der Waals surface area contributed by atoms with Crippen molar-refractivity contribution in [2.24, 2.45) is 17.3 Å². The predicted molar refractivity (Wildman–Crippen MR) is 114 cm³/mol. The van der Waals surface area contributed by atoms with Gasteiger partial charge in [0, 0.05) is 23.3 Å². The average molecular weight is 482 g/mol. The van der Waals surface area contributed by atoms with E-state index in [1.54, 1.807) is 30.5 Å². The Morgan fingerprint density at radius 2 is 1.79 bits per heavy atom. The van der Waals surface area contributed by atoms with Crippen LogP contribution in [0.3, 0.4) is 0 Å². The number of fused-ring (bicyclic) bond motifs is 4. The van der Waals surface area contributed by atoms with E-state index in [-0.39, 0.29) is 18.8 Å². The molecule has 0 amide bonds. The summed E-state index contributed by atoms with van der Waals surface area (Å²) in [4.78, 5) is 11.1. The number of hydrogen-bond donors (Lipinski definition) is 1. The van der Waals surface area contributed by atoms with Crippen LogP contribution in [0.4, 0.5) is 22.0 Å². The number of aliphatic hydroxyl groups is 1. The van der Waals surface area contributed by atoms with Crippen LogP contribution in [0.2, 0.25) is 0 Å². The maximum atomic E-state index is 14.9. The van der Waals surface area contributed by atoms with E-state index in [0.29, 0.717) is 37.7 Å². The molecule has 2 saturated carbocycles. The fourth-order valence-corrected chi connectivity index (χ4v) is 7.30. The van der Waals surface area contributed by atoms with E-state index in [4.69, 9.17) is 4.74 Å². The number of halogens is 5. The van der Waals surface area contributed by atoms with E-state index in [1.165, 1.54) is 6.92 Å². The van der Waals surface area contributed by atoms with E-state index in [1.807, 2.05) is 0 Å². The lowest BCUT2D eigenvalue weighted by Gasteiger charge is -2.56. The first-order chi connectivity index (χ1) is 15.9. The Morgan fingerprint density at radius 1 is 1.09 bits per heavy atom. The summed E-state index contributed by atoms with van der Waals surface area (Å²) in [5.74, 6) is -6.34. The van der Waals surface area contributed by atoms with Crippen molar-refractivity contribution < 1.29 is 36.6 Å². The van der Waals surface area contributed by atoms with Crippen LogP contribution in [0, 0.1) is 17.3 Å². The lowest BCUT2D eigenvalue weighted by Crippen LogP contribution is -2.65. The number of aldehydes is 1. The SMILES string of the molecule is C[C@]12CC(c3ccc(C=O)cc3)C3=C4CCOC=C4CCC3C1CCC2(O)C(F)(F)C(F)(F)F. The van der Waals surface area contributed by atoms with E-state index in [2.05, 4.69) is 0 Å². The molecule has 1 N–H and O–H groups in total. The Bertz CT molecular complexity index is 1060. The first-order valence-corrected chi connectivity index (χ1v) is 11.7. The molecule has 1 aromatic carbocycles. The molecule has 0 bridgehead atoms. The summed E-state index contributed by atoms with van der Waals surface area (Å²) in [6.45, 7) is 1.91. The molecule has 1 aliphatic heterocycles. The third kappa shape index (κ3) is 3.06. The molecular formula is C26H27F5O3. The van der Waals surface area contributed by atoms with Gasteiger partial charge >= 0.3 is 12.1 Å². The van der Waals surface area contributed by atoms with Crippen LogP contribution in [0.15, 0.2) is 47.2 Å². The molecule has 3 aliphatic carbocycles. The number of allylic oxidation sites excluding steroid dienone is 2. The second-order valence-corrected chi connectivity index (χ2v) is 10.4. The topological polar surface area (TPSA) is 46.5 Å². The number of carbonyl (C=O) groups is 1. The van der Waals surface area contributed by atoms with Gasteiger partial charge in [-0.05, 0) is 60.6 Å². The second-order valence-electron chi connectivity index (χ2n) is 10.4. The van der Waals surface area contributed by atoms with Gasteiger partial charge in [-0.1, -0.05) is 36.8 Å². The summed E-state index contributed by atoms with van der Waals surface area (Å²) in [7, 11) is 0. The molecular weight excluding hydrogens is 455 g/mol. The van der Waals surface area contributed by atoms with Crippen LogP contribution in [0.5, 0.6) is 0 Å². The number of benzene rings is 1. The second kappa shape index (κ2) is 7.64. The highest BCUT2D eigenvalue weighted by Gasteiger charge is 2.79. The molecule has 184 valence electrons. The van der Waals surface area contributed by atoms with Crippen molar-refractivity contribution in [2.45, 2.75) is 69.1 Å². The van der Waals surface area contributed by atoms with Crippen molar-refractivity contribution in [2.75, 3.05) is 6.61 Å². The fraction of sp³-hybridized carbons (Fsp3) is 0.577. The minimum Gasteiger partial charge on any atom is -0.501 e. The van der Waals surface area contributed by atoms with E-state index >= 15 is 0 Å². The van der Waals surface area contributed by atoms with Gasteiger partial charge in [-0.3, -0.25) is 4.79 Å². The van der Waals surface area contributed by atoms with Crippen molar-refractivity contribution in [3.63, 3.8) is 0 Å². The Morgan fingerprint density at radius 3 is 2.44 bits per heavy atom. The van der Waals surface area contributed by atoms with Crippen LogP contribution in [0.1, 0.15) is 67.3 Å². The molecule has 0 saturated heterocycles. The minimum atomic E-state index is -5.84. The molecule has 2 fully saturated rings. The standard InChI is InChI=1S/C26H27F5O3/c1-23-12-20(16-4-2-15(13-32)3-5-16)22-18-9-11-34-14-17(18)6-7-19(22)21(23)8-10-24(23,33)25(27,28)26(29,30)31/h2-5,13-14,19-21,33H,6-12H2,1H3/t19?,20?,21?,23-,24?/m0/s1. The van der Waals surface area contributed by atoms with Gasteiger partial charge in [0.25, 0.3) is 0 Å². The molecule has 3 nitrogen and oxygen atoms in total. The zero-order chi connectivity index (χ0) is 24.5. The predicted octanol–water partition coefficient (Wildman–Crippen LogP) is 6.34. The van der Waals surface area contributed by atoms with Crippen LogP contribution >= 0.6 is 0 Å². The quantitative estimate of drug-likeness (QED) is 0.404. The highest BCUT2D eigenvalue weighted by atomic mass is 19.4. The Kier molecular flexibility index (Phi) is 5.28. The van der Waals surface area contributed by atoms with Crippen LogP contribution in [-0.4, -0.2) is 35.7 Å². The van der Waals surface area contributed by atoms with Gasteiger partial charge < -0.3 is 9.84 Å². The van der Waals surface area contributed by atoms with Gasteiger partial charge in [0.05, 0.1) is 12.9 Å². The average Bonchev–Trinajstić information content (AvgIpc) is 3.09. The normalized spacial score (nSPS) is 35.6. The van der Waals surface area contributed by atoms with Crippen molar-refractivity contribution in [3.8, 4) is 0 Å². The third-order valence-electron chi connectivity index (χ3n) is 8.98. The molecule has 0 aromatic heterocycles. The van der Waals surface area contributed by atoms with Gasteiger partial charge in [0.15, 0.2) is 0 Å². The lowest BCUT2D eigenvalue weighted by molar-refractivity contribution is -0.362. The first-order valence-electron chi connectivity index (χ1n) is 11.7. The zero-order valence-electron chi connectivity index (χ0n) is 18.8. The van der Waals surface area contributed by atoms with Crippen molar-refractivity contribution in [1.82, 2.24) is 0 Å². The number of ether oxygens (including phenoxy) is 1. The Labute approximate surface area is 194 Å². The molecule has 1 heterocycles. The molecule has 5 rings (SSSR count). The third-order valence-corrected chi connectivity index (χ3v) is 8.98. The highest BCUT2D eigenvalue weighted by molar-refractivity contribution is 5.74. The summed E-state index contributed by atoms with van der Waals surface area (Å²) >= 11 is 0. The smallest absolute Gasteiger partial charge is 0.456 e. The first kappa shape index (κ1) is 23.5. The van der Waals surface area contributed by atoms with Crippen molar-refractivity contribution in [3.05, 3.63) is 58.4 Å². The summed E-state index contributed by atoms with van der Waals surface area (Å²) < 4.78 is 76.0. The van der Waals surface area contributed by atoms with Gasteiger partial charge in [-0.25, -0.2) is 0 Å². The summed E-state index contributed by atoms with van der Waals surface area (Å²) in [6.07, 6.45) is -1.96. The summed E-state index contributed by atoms with van der Waals surface area (Å²) in [5.41, 5.74) is -0.352. The molecule has 0 radical (unpaired) electrons. The maximum Gasteiger partial charge on any atom is 0.456 e. The van der Waals surface area contributed by atoms with Gasteiger partial charge in [0.2, 0.25) is 0 Å². The van der Waals surface area contributed by atoms with Crippen LogP contribution in [0.25, 0.3) is 0 Å². The molecule has 4 aliphatic rings. The lowest BCUT2D eigenvalue weighted by atomic mass is 9.50.